The van der Waals surface area contributed by atoms with Crippen LogP contribution in [0, 0.1) is 5.82 Å². The minimum Gasteiger partial charge on any atom is -0.355 e. The number of anilines is 2. The quantitative estimate of drug-likeness (QED) is 0.536. The van der Waals surface area contributed by atoms with Crippen LogP contribution in [-0.4, -0.2) is 47.9 Å². The summed E-state index contributed by atoms with van der Waals surface area (Å²) in [4.78, 5) is 33.0. The third-order valence-corrected chi connectivity index (χ3v) is 5.69. The highest BCUT2D eigenvalue weighted by molar-refractivity contribution is 6.05. The van der Waals surface area contributed by atoms with Crippen LogP contribution in [0.5, 0.6) is 0 Å². The molecule has 2 heterocycles. The Morgan fingerprint density at radius 2 is 1.57 bits per heavy atom. The van der Waals surface area contributed by atoms with E-state index in [2.05, 4.69) is 10.3 Å². The van der Waals surface area contributed by atoms with Gasteiger partial charge in [0, 0.05) is 26.2 Å². The van der Waals surface area contributed by atoms with Crippen LogP contribution in [0.25, 0.3) is 0 Å². The molecule has 0 bridgehead atoms. The number of rotatable bonds is 4. The van der Waals surface area contributed by atoms with E-state index >= 15 is 0 Å². The zero-order valence-electron chi connectivity index (χ0n) is 18.6. The Morgan fingerprint density at radius 1 is 0.857 bits per heavy atom. The number of carbonyl (C=O) groups is 2. The highest BCUT2D eigenvalue weighted by Gasteiger charge is 2.34. The molecule has 0 aliphatic carbocycles. The van der Waals surface area contributed by atoms with Crippen molar-refractivity contribution < 1.29 is 27.2 Å². The fourth-order valence-corrected chi connectivity index (χ4v) is 3.93. The van der Waals surface area contributed by atoms with Gasteiger partial charge in [-0.2, -0.15) is 13.2 Å². The monoisotopic (exact) mass is 486 g/mol. The van der Waals surface area contributed by atoms with Crippen molar-refractivity contribution in [2.24, 2.45) is 0 Å². The Balaban J connectivity index is 1.40. The van der Waals surface area contributed by atoms with Crippen LogP contribution < -0.4 is 10.2 Å². The molecule has 0 radical (unpaired) electrons. The van der Waals surface area contributed by atoms with Gasteiger partial charge in [-0.05, 0) is 42.8 Å². The maximum atomic E-state index is 14.0. The Hall–Kier alpha value is -3.95. The first kappa shape index (κ1) is 24.2. The maximum absolute atomic E-state index is 14.0. The summed E-state index contributed by atoms with van der Waals surface area (Å²) in [5.41, 5.74) is -1.20. The predicted molar refractivity (Wildman–Crippen MR) is 123 cm³/mol. The smallest absolute Gasteiger partial charge is 0.355 e. The third-order valence-electron chi connectivity index (χ3n) is 5.69. The maximum Gasteiger partial charge on any atom is 0.417 e. The molecule has 0 atom stereocenters. The zero-order valence-corrected chi connectivity index (χ0v) is 18.6. The lowest BCUT2D eigenvalue weighted by Crippen LogP contribution is -2.35. The van der Waals surface area contributed by atoms with Gasteiger partial charge >= 0.3 is 6.18 Å². The largest absolute Gasteiger partial charge is 0.417 e. The van der Waals surface area contributed by atoms with Crippen molar-refractivity contribution in [3.63, 3.8) is 0 Å². The summed E-state index contributed by atoms with van der Waals surface area (Å²) in [5.74, 6) is -1.21. The summed E-state index contributed by atoms with van der Waals surface area (Å²) in [7, 11) is 0. The molecule has 35 heavy (non-hydrogen) atoms. The van der Waals surface area contributed by atoms with Crippen LogP contribution >= 0.6 is 0 Å². The van der Waals surface area contributed by atoms with Gasteiger partial charge in [-0.1, -0.05) is 24.3 Å². The Kier molecular flexibility index (Phi) is 6.99. The van der Waals surface area contributed by atoms with Gasteiger partial charge in [-0.15, -0.1) is 0 Å². The van der Waals surface area contributed by atoms with Crippen molar-refractivity contribution in [1.82, 2.24) is 9.88 Å². The number of hydrogen-bond donors (Lipinski definition) is 1. The second-order valence-electron chi connectivity index (χ2n) is 8.02. The number of amides is 2. The van der Waals surface area contributed by atoms with Gasteiger partial charge in [-0.3, -0.25) is 9.59 Å². The van der Waals surface area contributed by atoms with Gasteiger partial charge < -0.3 is 15.1 Å². The molecule has 2 amide bonds. The number of hydrogen-bond acceptors (Lipinski definition) is 4. The average molecular weight is 486 g/mol. The molecule has 2 aromatic carbocycles. The molecule has 0 saturated carbocycles. The molecule has 3 aromatic rings. The summed E-state index contributed by atoms with van der Waals surface area (Å²) in [5, 5.41) is 2.45. The van der Waals surface area contributed by atoms with Crippen LogP contribution in [0.15, 0.2) is 66.9 Å². The third kappa shape index (κ3) is 5.59. The number of alkyl halides is 3. The number of nitrogens with zero attached hydrogens (tertiary/aromatic N) is 3. The van der Waals surface area contributed by atoms with Crippen molar-refractivity contribution in [2.75, 3.05) is 36.4 Å². The Bertz CT molecular complexity index is 1210. The van der Waals surface area contributed by atoms with E-state index in [1.54, 1.807) is 23.1 Å². The lowest BCUT2D eigenvalue weighted by Gasteiger charge is -2.23. The molecular weight excluding hydrogens is 464 g/mol. The van der Waals surface area contributed by atoms with Gasteiger partial charge in [0.1, 0.15) is 11.6 Å². The van der Waals surface area contributed by atoms with Gasteiger partial charge in [0.05, 0.1) is 28.6 Å². The van der Waals surface area contributed by atoms with E-state index in [0.717, 1.165) is 12.1 Å². The number of nitrogens with one attached hydrogen (secondary N) is 1. The SMILES string of the molecule is O=C(Nc1ccc(N2CCCN(C(=O)c3ccccc3F)CC2)nc1)c1ccccc1C(F)(F)F. The number of benzene rings is 2. The first-order valence-electron chi connectivity index (χ1n) is 11.0. The fraction of sp³-hybridized carbons (Fsp3) is 0.240. The van der Waals surface area contributed by atoms with E-state index in [1.165, 1.54) is 36.5 Å². The standard InChI is InChI=1S/C25H22F4N4O2/c26-21-9-4-2-7-19(21)24(35)33-13-5-12-32(14-15-33)22-11-10-17(16-30-22)31-23(34)18-6-1-3-8-20(18)25(27,28)29/h1-4,6-11,16H,5,12-15H2,(H,31,34). The van der Waals surface area contributed by atoms with Crippen LogP contribution in [0.4, 0.5) is 29.1 Å². The minimum absolute atomic E-state index is 0.0336. The van der Waals surface area contributed by atoms with E-state index < -0.39 is 29.0 Å². The molecule has 0 spiro atoms. The lowest BCUT2D eigenvalue weighted by atomic mass is 10.1. The van der Waals surface area contributed by atoms with Gasteiger partial charge in [0.25, 0.3) is 11.8 Å². The molecular formula is C25H22F4N4O2. The van der Waals surface area contributed by atoms with Crippen LogP contribution in [0.1, 0.15) is 32.7 Å². The number of halogens is 4. The van der Waals surface area contributed by atoms with Crippen molar-refractivity contribution in [1.29, 1.82) is 0 Å². The summed E-state index contributed by atoms with van der Waals surface area (Å²) in [6.45, 7) is 1.93. The second kappa shape index (κ2) is 10.1. The van der Waals surface area contributed by atoms with E-state index in [1.807, 2.05) is 4.90 Å². The minimum atomic E-state index is -4.65. The lowest BCUT2D eigenvalue weighted by molar-refractivity contribution is -0.137. The van der Waals surface area contributed by atoms with Gasteiger partial charge in [-0.25, -0.2) is 9.37 Å². The highest BCUT2D eigenvalue weighted by atomic mass is 19.4. The normalized spacial score (nSPS) is 14.4. The van der Waals surface area contributed by atoms with Crippen LogP contribution in [-0.2, 0) is 6.18 Å². The first-order chi connectivity index (χ1) is 16.7. The molecule has 4 rings (SSSR count). The second-order valence-corrected chi connectivity index (χ2v) is 8.02. The van der Waals surface area contributed by atoms with E-state index in [4.69, 9.17) is 0 Å². The van der Waals surface area contributed by atoms with Crippen LogP contribution in [0.3, 0.4) is 0 Å². The van der Waals surface area contributed by atoms with E-state index in [9.17, 15) is 27.2 Å². The molecule has 1 aliphatic heterocycles. The molecule has 1 aliphatic rings. The van der Waals surface area contributed by atoms with Crippen molar-refractivity contribution in [3.8, 4) is 0 Å². The molecule has 1 N–H and O–H groups in total. The molecule has 1 saturated heterocycles. The van der Waals surface area contributed by atoms with Crippen molar-refractivity contribution >= 4 is 23.3 Å². The summed E-state index contributed by atoms with van der Waals surface area (Å²) >= 11 is 0. The molecule has 6 nitrogen and oxygen atoms in total. The first-order valence-corrected chi connectivity index (χ1v) is 11.0. The van der Waals surface area contributed by atoms with Gasteiger partial charge in [0.15, 0.2) is 0 Å². The predicted octanol–water partition coefficient (Wildman–Crippen LogP) is 4.84. The summed E-state index contributed by atoms with van der Waals surface area (Å²) in [6, 6.07) is 13.6. The topological polar surface area (TPSA) is 65.5 Å². The zero-order chi connectivity index (χ0) is 25.0. The number of aromatic nitrogens is 1. The molecule has 1 fully saturated rings. The fourth-order valence-electron chi connectivity index (χ4n) is 3.93. The van der Waals surface area contributed by atoms with Gasteiger partial charge in [0.2, 0.25) is 0 Å². The van der Waals surface area contributed by atoms with Crippen molar-refractivity contribution in [2.45, 2.75) is 12.6 Å². The Morgan fingerprint density at radius 3 is 2.26 bits per heavy atom. The molecule has 1 aromatic heterocycles. The highest BCUT2D eigenvalue weighted by Crippen LogP contribution is 2.32. The average Bonchev–Trinajstić information content (AvgIpc) is 3.10. The summed E-state index contributed by atoms with van der Waals surface area (Å²) < 4.78 is 53.6. The van der Waals surface area contributed by atoms with E-state index in [0.29, 0.717) is 38.4 Å². The molecule has 10 heteroatoms. The van der Waals surface area contributed by atoms with Crippen molar-refractivity contribution in [3.05, 3.63) is 89.4 Å². The Labute approximate surface area is 199 Å². The van der Waals surface area contributed by atoms with E-state index in [-0.39, 0.29) is 17.2 Å². The molecule has 0 unspecified atom stereocenters. The van der Waals surface area contributed by atoms with Crippen LogP contribution in [0.2, 0.25) is 0 Å². The number of carbonyl (C=O) groups excluding carboxylic acids is 2. The summed E-state index contributed by atoms with van der Waals surface area (Å²) in [6.07, 6.45) is -2.63. The number of pyridine rings is 1. The molecule has 182 valence electrons.